The Morgan fingerprint density at radius 3 is 2.22 bits per heavy atom. The third-order valence-corrected chi connectivity index (χ3v) is 3.61. The molecule has 0 spiro atoms. The highest BCUT2D eigenvalue weighted by molar-refractivity contribution is 7.91. The van der Waals surface area contributed by atoms with Gasteiger partial charge in [-0.3, -0.25) is 4.79 Å². The summed E-state index contributed by atoms with van der Waals surface area (Å²) < 4.78 is 46.8. The van der Waals surface area contributed by atoms with Gasteiger partial charge in [0, 0.05) is 12.7 Å². The van der Waals surface area contributed by atoms with E-state index in [1.165, 1.54) is 24.1 Å². The van der Waals surface area contributed by atoms with Gasteiger partial charge in [-0.2, -0.15) is 8.78 Å². The van der Waals surface area contributed by atoms with Crippen LogP contribution < -0.4 is 4.90 Å². The van der Waals surface area contributed by atoms with Crippen LogP contribution in [0, 0.1) is 0 Å². The van der Waals surface area contributed by atoms with Gasteiger partial charge in [-0.05, 0) is 24.3 Å². The molecule has 18 heavy (non-hydrogen) atoms. The molecule has 0 saturated carbocycles. The van der Waals surface area contributed by atoms with Crippen LogP contribution in [0.25, 0.3) is 0 Å². The zero-order chi connectivity index (χ0) is 13.9. The van der Waals surface area contributed by atoms with E-state index < -0.39 is 26.5 Å². The fourth-order valence-corrected chi connectivity index (χ4v) is 2.01. The van der Waals surface area contributed by atoms with E-state index in [0.29, 0.717) is 5.69 Å². The first-order chi connectivity index (χ1) is 8.25. The molecule has 0 saturated heterocycles. The summed E-state index contributed by atoms with van der Waals surface area (Å²) in [7, 11) is -3.12. The van der Waals surface area contributed by atoms with Crippen molar-refractivity contribution in [3.63, 3.8) is 0 Å². The zero-order valence-electron chi connectivity index (χ0n) is 9.38. The van der Waals surface area contributed by atoms with Gasteiger partial charge in [0.15, 0.2) is 0 Å². The Bertz CT molecular complexity index is 527. The lowest BCUT2D eigenvalue weighted by Crippen LogP contribution is -2.25. The molecule has 1 aromatic rings. The molecular weight excluding hydrogens is 268 g/mol. The van der Waals surface area contributed by atoms with Gasteiger partial charge in [-0.1, -0.05) is 0 Å². The minimum Gasteiger partial charge on any atom is -0.480 e. The van der Waals surface area contributed by atoms with Crippen molar-refractivity contribution in [2.24, 2.45) is 0 Å². The molecule has 0 aliphatic heterocycles. The Kier molecular flexibility index (Phi) is 4.23. The van der Waals surface area contributed by atoms with Crippen LogP contribution in [0.2, 0.25) is 0 Å². The largest absolute Gasteiger partial charge is 0.480 e. The Morgan fingerprint density at radius 2 is 1.83 bits per heavy atom. The van der Waals surface area contributed by atoms with E-state index in [9.17, 15) is 22.0 Å². The van der Waals surface area contributed by atoms with Crippen molar-refractivity contribution in [1.29, 1.82) is 0 Å². The lowest BCUT2D eigenvalue weighted by molar-refractivity contribution is -0.135. The molecule has 0 radical (unpaired) electrons. The second-order valence-electron chi connectivity index (χ2n) is 3.55. The first-order valence-electron chi connectivity index (χ1n) is 4.80. The number of carboxylic acids is 1. The summed E-state index contributed by atoms with van der Waals surface area (Å²) in [6.07, 6.45) is 0. The summed E-state index contributed by atoms with van der Waals surface area (Å²) in [5, 5.41) is 8.57. The minimum absolute atomic E-state index is 0.277. The molecular formula is C10H11F2NO4S. The summed E-state index contributed by atoms with van der Waals surface area (Å²) in [6, 6.07) is 4.60. The van der Waals surface area contributed by atoms with Crippen molar-refractivity contribution in [1.82, 2.24) is 0 Å². The summed E-state index contributed by atoms with van der Waals surface area (Å²) in [5.41, 5.74) is 0.422. The maximum atomic E-state index is 12.3. The molecule has 0 bridgehead atoms. The van der Waals surface area contributed by atoms with Crippen LogP contribution in [0.3, 0.4) is 0 Å². The Balaban J connectivity index is 2.97. The quantitative estimate of drug-likeness (QED) is 0.876. The molecule has 0 aliphatic carbocycles. The molecule has 0 amide bonds. The standard InChI is InChI=1S/C10H11F2NO4S/c1-13(6-9(14)15)7-2-4-8(5-3-7)18(16,17)10(11)12/h2-5,10H,6H2,1H3,(H,14,15). The van der Waals surface area contributed by atoms with Crippen molar-refractivity contribution in [2.75, 3.05) is 18.5 Å². The van der Waals surface area contributed by atoms with Gasteiger partial charge in [0.2, 0.25) is 9.84 Å². The number of benzene rings is 1. The monoisotopic (exact) mass is 279 g/mol. The van der Waals surface area contributed by atoms with Gasteiger partial charge in [0.1, 0.15) is 6.54 Å². The zero-order valence-corrected chi connectivity index (χ0v) is 10.2. The van der Waals surface area contributed by atoms with E-state index in [0.717, 1.165) is 12.1 Å². The van der Waals surface area contributed by atoms with Crippen molar-refractivity contribution >= 4 is 21.5 Å². The summed E-state index contributed by atoms with van der Waals surface area (Å²) in [4.78, 5) is 11.3. The predicted molar refractivity (Wildman–Crippen MR) is 60.5 cm³/mol. The molecule has 1 N–H and O–H groups in total. The van der Waals surface area contributed by atoms with Crippen LogP contribution in [0.4, 0.5) is 14.5 Å². The molecule has 0 fully saturated rings. The first-order valence-corrected chi connectivity index (χ1v) is 6.35. The molecule has 1 aromatic carbocycles. The van der Waals surface area contributed by atoms with Crippen LogP contribution in [0.5, 0.6) is 0 Å². The fourth-order valence-electron chi connectivity index (χ4n) is 1.29. The summed E-state index contributed by atoms with van der Waals surface area (Å²) in [6.45, 7) is -0.277. The molecule has 0 atom stereocenters. The number of anilines is 1. The molecule has 5 nitrogen and oxygen atoms in total. The van der Waals surface area contributed by atoms with E-state index in [1.54, 1.807) is 0 Å². The van der Waals surface area contributed by atoms with Gasteiger partial charge in [-0.15, -0.1) is 0 Å². The molecule has 0 unspecified atom stereocenters. The van der Waals surface area contributed by atoms with Gasteiger partial charge >= 0.3 is 11.7 Å². The Hall–Kier alpha value is -1.70. The van der Waals surface area contributed by atoms with Crippen LogP contribution in [-0.4, -0.2) is 38.8 Å². The van der Waals surface area contributed by atoms with Crippen molar-refractivity contribution < 1.29 is 27.1 Å². The number of sulfone groups is 1. The maximum Gasteiger partial charge on any atom is 0.341 e. The number of halogens is 2. The molecule has 0 aromatic heterocycles. The Morgan fingerprint density at radius 1 is 1.33 bits per heavy atom. The lowest BCUT2D eigenvalue weighted by atomic mass is 10.3. The molecule has 8 heteroatoms. The summed E-state index contributed by atoms with van der Waals surface area (Å²) >= 11 is 0. The first kappa shape index (κ1) is 14.4. The van der Waals surface area contributed by atoms with E-state index >= 15 is 0 Å². The Labute approximate surface area is 103 Å². The number of hydrogen-bond acceptors (Lipinski definition) is 4. The number of rotatable bonds is 5. The second kappa shape index (κ2) is 5.30. The second-order valence-corrected chi connectivity index (χ2v) is 5.47. The highest BCUT2D eigenvalue weighted by atomic mass is 32.2. The van der Waals surface area contributed by atoms with Gasteiger partial charge in [-0.25, -0.2) is 8.42 Å². The number of nitrogens with zero attached hydrogens (tertiary/aromatic N) is 1. The third kappa shape index (κ3) is 3.16. The number of aliphatic carboxylic acids is 1. The van der Waals surface area contributed by atoms with Crippen LogP contribution >= 0.6 is 0 Å². The van der Waals surface area contributed by atoms with Gasteiger partial charge in [0.25, 0.3) is 0 Å². The molecule has 1 rings (SSSR count). The predicted octanol–water partition coefficient (Wildman–Crippen LogP) is 1.20. The van der Waals surface area contributed by atoms with E-state index in [-0.39, 0.29) is 6.54 Å². The number of likely N-dealkylation sites (N-methyl/N-ethyl adjacent to an activating group) is 1. The average Bonchev–Trinajstić information content (AvgIpc) is 2.28. The lowest BCUT2D eigenvalue weighted by Gasteiger charge is -2.16. The fraction of sp³-hybridized carbons (Fsp3) is 0.300. The number of alkyl halides is 2. The molecule has 100 valence electrons. The topological polar surface area (TPSA) is 74.7 Å². The number of carboxylic acid groups (broad SMARTS) is 1. The maximum absolute atomic E-state index is 12.3. The average molecular weight is 279 g/mol. The highest BCUT2D eigenvalue weighted by Crippen LogP contribution is 2.21. The smallest absolute Gasteiger partial charge is 0.341 e. The van der Waals surface area contributed by atoms with Gasteiger partial charge in [0.05, 0.1) is 4.90 Å². The SMILES string of the molecule is CN(CC(=O)O)c1ccc(S(=O)(=O)C(F)F)cc1. The molecule has 0 heterocycles. The van der Waals surface area contributed by atoms with Crippen LogP contribution in [0.15, 0.2) is 29.2 Å². The van der Waals surface area contributed by atoms with E-state index in [2.05, 4.69) is 0 Å². The van der Waals surface area contributed by atoms with E-state index in [1.807, 2.05) is 0 Å². The van der Waals surface area contributed by atoms with Crippen molar-refractivity contribution in [3.8, 4) is 0 Å². The highest BCUT2D eigenvalue weighted by Gasteiger charge is 2.26. The van der Waals surface area contributed by atoms with Crippen LogP contribution in [0.1, 0.15) is 0 Å². The number of carbonyl (C=O) groups is 1. The van der Waals surface area contributed by atoms with Gasteiger partial charge < -0.3 is 10.0 Å². The number of hydrogen-bond donors (Lipinski definition) is 1. The summed E-state index contributed by atoms with van der Waals surface area (Å²) in [5.74, 6) is -4.53. The normalized spacial score (nSPS) is 11.6. The van der Waals surface area contributed by atoms with Crippen molar-refractivity contribution in [3.05, 3.63) is 24.3 Å². The third-order valence-electron chi connectivity index (χ3n) is 2.21. The van der Waals surface area contributed by atoms with Crippen LogP contribution in [-0.2, 0) is 14.6 Å². The molecule has 0 aliphatic rings. The van der Waals surface area contributed by atoms with E-state index in [4.69, 9.17) is 5.11 Å². The van der Waals surface area contributed by atoms with Crippen molar-refractivity contribution in [2.45, 2.75) is 10.7 Å². The minimum atomic E-state index is -4.61.